The predicted octanol–water partition coefficient (Wildman–Crippen LogP) is 0.573. The summed E-state index contributed by atoms with van der Waals surface area (Å²) in [7, 11) is 0. The molecule has 6 nitrogen and oxygen atoms in total. The maximum Gasteiger partial charge on any atom is 0.335 e. The Morgan fingerprint density at radius 2 is 1.63 bits per heavy atom. The van der Waals surface area contributed by atoms with Crippen LogP contribution in [0.15, 0.2) is 24.3 Å². The van der Waals surface area contributed by atoms with Gasteiger partial charge in [0.2, 0.25) is 0 Å². The quantitative estimate of drug-likeness (QED) is 0.574. The number of aliphatic carboxylic acids is 2. The van der Waals surface area contributed by atoms with E-state index in [1.807, 2.05) is 0 Å². The number of aliphatic hydroxyl groups excluding tert-OH is 2. The van der Waals surface area contributed by atoms with Crippen LogP contribution < -0.4 is 0 Å². The van der Waals surface area contributed by atoms with Gasteiger partial charge in [0.05, 0.1) is 0 Å². The molecule has 4 N–H and O–H groups in total. The summed E-state index contributed by atoms with van der Waals surface area (Å²) in [4.78, 5) is 20.9. The largest absolute Gasteiger partial charge is 0.481 e. The van der Waals surface area contributed by atoms with E-state index in [4.69, 9.17) is 10.2 Å². The Hall–Kier alpha value is -1.92. The van der Waals surface area contributed by atoms with Crippen molar-refractivity contribution in [3.05, 3.63) is 35.4 Å². The fourth-order valence-electron chi connectivity index (χ4n) is 1.64. The Balaban J connectivity index is 2.60. The fourth-order valence-corrected chi connectivity index (χ4v) is 1.64. The van der Waals surface area contributed by atoms with Gasteiger partial charge in [0, 0.05) is 6.42 Å². The molecule has 104 valence electrons. The maximum absolute atomic E-state index is 10.5. The van der Waals surface area contributed by atoms with Gasteiger partial charge in [-0.15, -0.1) is 0 Å². The van der Waals surface area contributed by atoms with Crippen molar-refractivity contribution in [2.24, 2.45) is 0 Å². The second-order valence-electron chi connectivity index (χ2n) is 4.22. The minimum atomic E-state index is -1.86. The number of carboxylic acid groups (broad SMARTS) is 2. The lowest BCUT2D eigenvalue weighted by atomic mass is 10.0. The maximum atomic E-state index is 10.5. The number of rotatable bonds is 7. The van der Waals surface area contributed by atoms with Gasteiger partial charge in [-0.2, -0.15) is 0 Å². The highest BCUT2D eigenvalue weighted by atomic mass is 16.4. The molecule has 2 unspecified atom stereocenters. The van der Waals surface area contributed by atoms with Crippen LogP contribution in [0.2, 0.25) is 0 Å². The van der Waals surface area contributed by atoms with Gasteiger partial charge in [0.25, 0.3) is 0 Å². The molecule has 0 saturated heterocycles. The van der Waals surface area contributed by atoms with Crippen molar-refractivity contribution < 1.29 is 30.0 Å². The van der Waals surface area contributed by atoms with Gasteiger partial charge in [0.15, 0.2) is 6.10 Å². The lowest BCUT2D eigenvalue weighted by Gasteiger charge is -2.14. The van der Waals surface area contributed by atoms with Crippen molar-refractivity contribution in [3.63, 3.8) is 0 Å². The number of carbonyl (C=O) groups is 2. The van der Waals surface area contributed by atoms with Crippen LogP contribution in [0, 0.1) is 0 Å². The first-order valence-electron chi connectivity index (χ1n) is 5.81. The summed E-state index contributed by atoms with van der Waals surface area (Å²) in [6, 6.07) is 6.39. The summed E-state index contributed by atoms with van der Waals surface area (Å²) in [6.45, 7) is 0. The highest BCUT2D eigenvalue weighted by molar-refractivity contribution is 5.73. The molecule has 0 spiro atoms. The number of hydrogen-bond donors (Lipinski definition) is 4. The van der Waals surface area contributed by atoms with Crippen LogP contribution in [-0.2, 0) is 16.0 Å². The third-order valence-corrected chi connectivity index (χ3v) is 2.73. The van der Waals surface area contributed by atoms with Crippen LogP contribution in [0.1, 0.15) is 30.1 Å². The van der Waals surface area contributed by atoms with Crippen molar-refractivity contribution in [2.45, 2.75) is 31.5 Å². The second kappa shape index (κ2) is 6.86. The zero-order valence-corrected chi connectivity index (χ0v) is 10.2. The van der Waals surface area contributed by atoms with Crippen molar-refractivity contribution in [2.75, 3.05) is 0 Å². The SMILES string of the molecule is O=C(O)CCCc1ccc(C(O)C(O)C(=O)O)cc1. The molecule has 2 atom stereocenters. The average molecular weight is 268 g/mol. The van der Waals surface area contributed by atoms with Gasteiger partial charge in [0.1, 0.15) is 6.10 Å². The number of aryl methyl sites for hydroxylation is 1. The first kappa shape index (κ1) is 15.1. The van der Waals surface area contributed by atoms with Crippen LogP contribution in [0.4, 0.5) is 0 Å². The van der Waals surface area contributed by atoms with Gasteiger partial charge in [-0.25, -0.2) is 4.79 Å². The van der Waals surface area contributed by atoms with E-state index in [9.17, 15) is 19.8 Å². The van der Waals surface area contributed by atoms with Gasteiger partial charge in [-0.1, -0.05) is 24.3 Å². The number of hydrogen-bond acceptors (Lipinski definition) is 4. The third-order valence-electron chi connectivity index (χ3n) is 2.73. The van der Waals surface area contributed by atoms with E-state index < -0.39 is 24.1 Å². The van der Waals surface area contributed by atoms with E-state index in [0.29, 0.717) is 18.4 Å². The van der Waals surface area contributed by atoms with Gasteiger partial charge in [-0.05, 0) is 24.0 Å². The zero-order chi connectivity index (χ0) is 14.4. The predicted molar refractivity (Wildman–Crippen MR) is 65.6 cm³/mol. The first-order chi connectivity index (χ1) is 8.91. The molecule has 0 saturated carbocycles. The molecule has 0 aliphatic carbocycles. The van der Waals surface area contributed by atoms with E-state index in [0.717, 1.165) is 5.56 Å². The second-order valence-corrected chi connectivity index (χ2v) is 4.22. The molecule has 0 aromatic heterocycles. The number of benzene rings is 1. The van der Waals surface area contributed by atoms with Crippen LogP contribution in [0.25, 0.3) is 0 Å². The summed E-state index contributed by atoms with van der Waals surface area (Å²) < 4.78 is 0. The van der Waals surface area contributed by atoms with Gasteiger partial charge >= 0.3 is 11.9 Å². The average Bonchev–Trinajstić information content (AvgIpc) is 2.37. The summed E-state index contributed by atoms with van der Waals surface area (Å²) in [5.74, 6) is -2.34. The Morgan fingerprint density at radius 3 is 2.11 bits per heavy atom. The van der Waals surface area contributed by atoms with E-state index in [-0.39, 0.29) is 6.42 Å². The molecule has 0 amide bonds. The Morgan fingerprint density at radius 1 is 1.05 bits per heavy atom. The van der Waals surface area contributed by atoms with Crippen molar-refractivity contribution in [1.82, 2.24) is 0 Å². The van der Waals surface area contributed by atoms with Crippen LogP contribution in [0.5, 0.6) is 0 Å². The molecule has 6 heteroatoms. The molecular weight excluding hydrogens is 252 g/mol. The lowest BCUT2D eigenvalue weighted by Crippen LogP contribution is -2.27. The minimum absolute atomic E-state index is 0.0854. The molecule has 0 aliphatic rings. The molecule has 1 aromatic rings. The summed E-state index contributed by atoms with van der Waals surface area (Å²) in [5.41, 5.74) is 1.19. The molecular formula is C13H16O6. The van der Waals surface area contributed by atoms with Crippen LogP contribution in [-0.4, -0.2) is 38.5 Å². The van der Waals surface area contributed by atoms with Crippen molar-refractivity contribution in [3.8, 4) is 0 Å². The highest BCUT2D eigenvalue weighted by Crippen LogP contribution is 2.18. The molecule has 0 bridgehead atoms. The number of carboxylic acids is 2. The molecule has 0 radical (unpaired) electrons. The van der Waals surface area contributed by atoms with E-state index >= 15 is 0 Å². The number of aliphatic hydroxyl groups is 2. The smallest absolute Gasteiger partial charge is 0.335 e. The minimum Gasteiger partial charge on any atom is -0.481 e. The highest BCUT2D eigenvalue weighted by Gasteiger charge is 2.24. The molecule has 1 rings (SSSR count). The monoisotopic (exact) mass is 268 g/mol. The topological polar surface area (TPSA) is 115 Å². The molecule has 1 aromatic carbocycles. The fraction of sp³-hybridized carbons (Fsp3) is 0.385. The van der Waals surface area contributed by atoms with E-state index in [1.165, 1.54) is 12.1 Å². The first-order valence-corrected chi connectivity index (χ1v) is 5.81. The third kappa shape index (κ3) is 4.69. The van der Waals surface area contributed by atoms with Crippen molar-refractivity contribution >= 4 is 11.9 Å². The normalized spacial score (nSPS) is 13.8. The lowest BCUT2D eigenvalue weighted by molar-refractivity contribution is -0.153. The Bertz CT molecular complexity index is 439. The van der Waals surface area contributed by atoms with Crippen LogP contribution in [0.3, 0.4) is 0 Å². The summed E-state index contributed by atoms with van der Waals surface area (Å²) >= 11 is 0. The standard InChI is InChI=1S/C13H16O6/c14-10(15)3-1-2-8-4-6-9(7-5-8)11(16)12(17)13(18)19/h4-7,11-12,16-17H,1-3H2,(H,14,15)(H,18,19). The zero-order valence-electron chi connectivity index (χ0n) is 10.2. The van der Waals surface area contributed by atoms with Gasteiger partial charge in [-0.3, -0.25) is 4.79 Å². The Kier molecular flexibility index (Phi) is 5.47. The van der Waals surface area contributed by atoms with Gasteiger partial charge < -0.3 is 20.4 Å². The molecule has 0 heterocycles. The van der Waals surface area contributed by atoms with E-state index in [1.54, 1.807) is 12.1 Å². The van der Waals surface area contributed by atoms with Crippen molar-refractivity contribution in [1.29, 1.82) is 0 Å². The molecule has 0 fully saturated rings. The summed E-state index contributed by atoms with van der Waals surface area (Å²) in [5, 5.41) is 35.9. The molecule has 19 heavy (non-hydrogen) atoms. The molecule has 0 aliphatic heterocycles. The Labute approximate surface area is 109 Å². The van der Waals surface area contributed by atoms with Crippen LogP contribution >= 0.6 is 0 Å². The van der Waals surface area contributed by atoms with E-state index in [2.05, 4.69) is 0 Å². The summed E-state index contributed by atoms with van der Waals surface area (Å²) in [6.07, 6.45) is -2.16.